The van der Waals surface area contributed by atoms with E-state index >= 15 is 0 Å². The molecule has 2 aromatic rings. The summed E-state index contributed by atoms with van der Waals surface area (Å²) in [5, 5.41) is 0.336. The Kier molecular flexibility index (Phi) is 5.13. The van der Waals surface area contributed by atoms with E-state index in [1.807, 2.05) is 17.8 Å². The third kappa shape index (κ3) is 3.75. The van der Waals surface area contributed by atoms with Gasteiger partial charge in [-0.25, -0.2) is 0 Å². The number of thiophene rings is 1. The van der Waals surface area contributed by atoms with Gasteiger partial charge in [-0.15, -0.1) is 23.1 Å². The maximum absolute atomic E-state index is 5.97. The van der Waals surface area contributed by atoms with Crippen LogP contribution in [0.1, 0.15) is 21.3 Å². The quantitative estimate of drug-likeness (QED) is 0.870. The third-order valence-corrected chi connectivity index (χ3v) is 5.50. The van der Waals surface area contributed by atoms with Crippen LogP contribution in [0.2, 0.25) is 4.34 Å². The van der Waals surface area contributed by atoms with E-state index in [0.717, 1.165) is 10.1 Å². The summed E-state index contributed by atoms with van der Waals surface area (Å²) in [7, 11) is 0. The average Bonchev–Trinajstić information content (AvgIpc) is 2.77. The number of thioether (sulfide) groups is 1. The Morgan fingerprint density at radius 3 is 2.78 bits per heavy atom. The molecule has 0 saturated heterocycles. The lowest BCUT2D eigenvalue weighted by atomic mass is 10.2. The number of hydrogen-bond acceptors (Lipinski definition) is 3. The molecule has 18 heavy (non-hydrogen) atoms. The van der Waals surface area contributed by atoms with Gasteiger partial charge < -0.3 is 5.73 Å². The minimum atomic E-state index is 0.336. The Morgan fingerprint density at radius 2 is 2.17 bits per heavy atom. The van der Waals surface area contributed by atoms with Crippen LogP contribution in [0.25, 0.3) is 0 Å². The van der Waals surface area contributed by atoms with Gasteiger partial charge in [0.1, 0.15) is 0 Å². The highest BCUT2D eigenvalue weighted by Gasteiger charge is 2.12. The van der Waals surface area contributed by atoms with Gasteiger partial charge in [-0.05, 0) is 24.6 Å². The fourth-order valence-corrected chi connectivity index (χ4v) is 4.12. The van der Waals surface area contributed by atoms with E-state index in [1.165, 1.54) is 16.0 Å². The first kappa shape index (κ1) is 13.9. The average molecular weight is 298 g/mol. The Labute approximate surface area is 121 Å². The van der Waals surface area contributed by atoms with E-state index in [1.54, 1.807) is 11.3 Å². The molecule has 1 aromatic heterocycles. The number of rotatable bonds is 5. The molecule has 2 rings (SSSR count). The van der Waals surface area contributed by atoms with Crippen molar-refractivity contribution in [3.05, 3.63) is 56.7 Å². The smallest absolute Gasteiger partial charge is 0.0931 e. The molecule has 0 aliphatic heterocycles. The lowest BCUT2D eigenvalue weighted by Crippen LogP contribution is -2.08. The molecule has 1 unspecified atom stereocenters. The Morgan fingerprint density at radius 1 is 1.33 bits per heavy atom. The summed E-state index contributed by atoms with van der Waals surface area (Å²) < 4.78 is 0.833. The highest BCUT2D eigenvalue weighted by molar-refractivity contribution is 7.98. The van der Waals surface area contributed by atoms with Crippen LogP contribution in [-0.2, 0) is 5.75 Å². The standard InChI is InChI=1S/C14H16ClNS2/c1-10-3-2-4-11(7-10)9-17-13(8-16)12-5-6-14(15)18-12/h2-7,13H,8-9,16H2,1H3. The van der Waals surface area contributed by atoms with Crippen LogP contribution in [0.3, 0.4) is 0 Å². The van der Waals surface area contributed by atoms with Crippen molar-refractivity contribution in [2.75, 3.05) is 6.54 Å². The Balaban J connectivity index is 1.99. The number of hydrogen-bond donors (Lipinski definition) is 1. The third-order valence-electron chi connectivity index (χ3n) is 2.66. The first-order chi connectivity index (χ1) is 8.69. The summed E-state index contributed by atoms with van der Waals surface area (Å²) in [5.41, 5.74) is 8.50. The largest absolute Gasteiger partial charge is 0.329 e. The maximum atomic E-state index is 5.97. The van der Waals surface area contributed by atoms with Crippen LogP contribution in [0.5, 0.6) is 0 Å². The van der Waals surface area contributed by atoms with Crippen molar-refractivity contribution in [2.45, 2.75) is 17.9 Å². The zero-order valence-corrected chi connectivity index (χ0v) is 12.6. The molecular weight excluding hydrogens is 282 g/mol. The van der Waals surface area contributed by atoms with Gasteiger partial charge in [0, 0.05) is 17.2 Å². The van der Waals surface area contributed by atoms with E-state index in [9.17, 15) is 0 Å². The molecule has 0 aliphatic carbocycles. The second-order valence-corrected chi connectivity index (χ2v) is 7.10. The van der Waals surface area contributed by atoms with Crippen molar-refractivity contribution in [3.63, 3.8) is 0 Å². The van der Waals surface area contributed by atoms with Crippen LogP contribution in [0.15, 0.2) is 36.4 Å². The summed E-state index contributed by atoms with van der Waals surface area (Å²) in [6.07, 6.45) is 0. The number of benzene rings is 1. The zero-order valence-electron chi connectivity index (χ0n) is 10.2. The highest BCUT2D eigenvalue weighted by atomic mass is 35.5. The molecule has 96 valence electrons. The van der Waals surface area contributed by atoms with E-state index in [2.05, 4.69) is 37.3 Å². The van der Waals surface area contributed by atoms with Crippen molar-refractivity contribution in [1.82, 2.24) is 0 Å². The summed E-state index contributed by atoms with van der Waals surface area (Å²) in [6.45, 7) is 2.76. The van der Waals surface area contributed by atoms with E-state index < -0.39 is 0 Å². The first-order valence-electron chi connectivity index (χ1n) is 5.81. The minimum absolute atomic E-state index is 0.336. The summed E-state index contributed by atoms with van der Waals surface area (Å²) in [6, 6.07) is 12.6. The number of nitrogens with two attached hydrogens (primary N) is 1. The zero-order chi connectivity index (χ0) is 13.0. The SMILES string of the molecule is Cc1cccc(CSC(CN)c2ccc(Cl)s2)c1. The van der Waals surface area contributed by atoms with Crippen molar-refractivity contribution in [3.8, 4) is 0 Å². The van der Waals surface area contributed by atoms with Crippen LogP contribution < -0.4 is 5.73 Å². The first-order valence-corrected chi connectivity index (χ1v) is 8.06. The fraction of sp³-hybridized carbons (Fsp3) is 0.286. The van der Waals surface area contributed by atoms with Gasteiger partial charge in [0.05, 0.1) is 9.59 Å². The van der Waals surface area contributed by atoms with E-state index in [-0.39, 0.29) is 0 Å². The topological polar surface area (TPSA) is 26.0 Å². The molecule has 0 amide bonds. The molecule has 0 bridgehead atoms. The fourth-order valence-electron chi connectivity index (χ4n) is 1.77. The van der Waals surface area contributed by atoms with Crippen LogP contribution in [0, 0.1) is 6.92 Å². The van der Waals surface area contributed by atoms with Crippen molar-refractivity contribution < 1.29 is 0 Å². The van der Waals surface area contributed by atoms with Crippen molar-refractivity contribution >= 4 is 34.7 Å². The molecule has 0 saturated carbocycles. The number of aryl methyl sites for hydroxylation is 1. The van der Waals surface area contributed by atoms with E-state index in [0.29, 0.717) is 11.8 Å². The molecule has 0 aliphatic rings. The predicted octanol–water partition coefficient (Wildman–Crippen LogP) is 4.64. The lowest BCUT2D eigenvalue weighted by Gasteiger charge is -2.12. The molecule has 1 atom stereocenters. The van der Waals surface area contributed by atoms with Crippen LogP contribution in [0.4, 0.5) is 0 Å². The van der Waals surface area contributed by atoms with Gasteiger partial charge in [0.25, 0.3) is 0 Å². The van der Waals surface area contributed by atoms with Crippen LogP contribution in [-0.4, -0.2) is 6.54 Å². The maximum Gasteiger partial charge on any atom is 0.0931 e. The molecule has 0 radical (unpaired) electrons. The summed E-state index contributed by atoms with van der Waals surface area (Å²) in [4.78, 5) is 1.26. The predicted molar refractivity (Wildman–Crippen MR) is 83.6 cm³/mol. The number of halogens is 1. The van der Waals surface area contributed by atoms with Crippen LogP contribution >= 0.6 is 34.7 Å². The minimum Gasteiger partial charge on any atom is -0.329 e. The van der Waals surface area contributed by atoms with Crippen molar-refractivity contribution in [1.29, 1.82) is 0 Å². The highest BCUT2D eigenvalue weighted by Crippen LogP contribution is 2.36. The summed E-state index contributed by atoms with van der Waals surface area (Å²) >= 11 is 9.47. The molecular formula is C14H16ClNS2. The molecule has 2 N–H and O–H groups in total. The van der Waals surface area contributed by atoms with E-state index in [4.69, 9.17) is 17.3 Å². The Bertz CT molecular complexity index is 510. The molecule has 0 spiro atoms. The molecule has 4 heteroatoms. The van der Waals surface area contributed by atoms with Gasteiger partial charge in [-0.1, -0.05) is 41.4 Å². The second kappa shape index (κ2) is 6.62. The van der Waals surface area contributed by atoms with Gasteiger partial charge >= 0.3 is 0 Å². The summed E-state index contributed by atoms with van der Waals surface area (Å²) in [5.74, 6) is 0.985. The lowest BCUT2D eigenvalue weighted by molar-refractivity contribution is 0.959. The normalized spacial score (nSPS) is 12.6. The van der Waals surface area contributed by atoms with Gasteiger partial charge in [-0.2, -0.15) is 0 Å². The van der Waals surface area contributed by atoms with Gasteiger partial charge in [0.15, 0.2) is 0 Å². The monoisotopic (exact) mass is 297 g/mol. The Hall–Kier alpha value is -0.480. The van der Waals surface area contributed by atoms with Gasteiger partial charge in [-0.3, -0.25) is 0 Å². The molecule has 0 fully saturated rings. The van der Waals surface area contributed by atoms with Crippen molar-refractivity contribution in [2.24, 2.45) is 5.73 Å². The molecule has 1 nitrogen and oxygen atoms in total. The second-order valence-electron chi connectivity index (χ2n) is 4.17. The van der Waals surface area contributed by atoms with Gasteiger partial charge in [0.2, 0.25) is 0 Å². The molecule has 1 heterocycles. The molecule has 1 aromatic carbocycles.